The molecule has 0 radical (unpaired) electrons. The lowest BCUT2D eigenvalue weighted by atomic mass is 10.1. The van der Waals surface area contributed by atoms with Gasteiger partial charge in [0, 0.05) is 16.3 Å². The quantitative estimate of drug-likeness (QED) is 0.754. The van der Waals surface area contributed by atoms with Gasteiger partial charge in [0.1, 0.15) is 16.3 Å². The molecule has 0 aliphatic heterocycles. The Hall–Kier alpha value is -2.18. The number of imidazole rings is 1. The summed E-state index contributed by atoms with van der Waals surface area (Å²) in [5, 5.41) is 0.611. The van der Waals surface area contributed by atoms with Crippen molar-refractivity contribution in [2.24, 2.45) is 5.73 Å². The maximum atomic E-state index is 11.5. The highest BCUT2D eigenvalue weighted by molar-refractivity contribution is 7.19. The van der Waals surface area contributed by atoms with Crippen molar-refractivity contribution >= 4 is 40.1 Å². The summed E-state index contributed by atoms with van der Waals surface area (Å²) in [5.41, 5.74) is 7.69. The molecule has 0 fully saturated rings. The van der Waals surface area contributed by atoms with Crippen LogP contribution >= 0.6 is 22.9 Å². The van der Waals surface area contributed by atoms with Crippen LogP contribution in [0.4, 0.5) is 0 Å². The van der Waals surface area contributed by atoms with Crippen LogP contribution in [-0.4, -0.2) is 21.6 Å². The van der Waals surface area contributed by atoms with Gasteiger partial charge >= 0.3 is 0 Å². The van der Waals surface area contributed by atoms with E-state index in [0.717, 1.165) is 11.8 Å². The fourth-order valence-electron chi connectivity index (χ4n) is 2.23. The van der Waals surface area contributed by atoms with E-state index in [1.165, 1.54) is 11.3 Å². The van der Waals surface area contributed by atoms with Gasteiger partial charge in [0.2, 0.25) is 0 Å². The molecule has 106 valence electrons. The van der Waals surface area contributed by atoms with Gasteiger partial charge in [-0.2, -0.15) is 0 Å². The molecule has 0 aliphatic carbocycles. The third-order valence-electron chi connectivity index (χ3n) is 3.19. The molecule has 0 saturated heterocycles. The van der Waals surface area contributed by atoms with Gasteiger partial charge < -0.3 is 5.73 Å². The molecule has 0 unspecified atom stereocenters. The van der Waals surface area contributed by atoms with Crippen LogP contribution in [0.2, 0.25) is 5.02 Å². The summed E-state index contributed by atoms with van der Waals surface area (Å²) in [6.45, 7) is 1.74. The van der Waals surface area contributed by atoms with E-state index in [2.05, 4.69) is 4.98 Å². The van der Waals surface area contributed by atoms with Gasteiger partial charge in [-0.15, -0.1) is 0 Å². The number of aldehydes is 1. The number of primary amides is 1. The van der Waals surface area contributed by atoms with Crippen LogP contribution in [0.1, 0.15) is 25.9 Å². The van der Waals surface area contributed by atoms with Crippen molar-refractivity contribution in [2.75, 3.05) is 0 Å². The highest BCUT2D eigenvalue weighted by atomic mass is 35.5. The van der Waals surface area contributed by atoms with Gasteiger partial charge in [-0.1, -0.05) is 35.1 Å². The first kappa shape index (κ1) is 13.8. The second-order valence-corrected chi connectivity index (χ2v) is 5.88. The van der Waals surface area contributed by atoms with Crippen LogP contribution in [0.5, 0.6) is 0 Å². The molecule has 0 spiro atoms. The Bertz CT molecular complexity index is 865. The van der Waals surface area contributed by atoms with E-state index in [1.54, 1.807) is 35.6 Å². The zero-order valence-electron chi connectivity index (χ0n) is 11.0. The fraction of sp³-hybridized carbons (Fsp3) is 0.0714. The Kier molecular flexibility index (Phi) is 3.27. The molecule has 0 bridgehead atoms. The normalized spacial score (nSPS) is 11.0. The van der Waals surface area contributed by atoms with Crippen molar-refractivity contribution in [1.82, 2.24) is 9.38 Å². The number of amides is 1. The van der Waals surface area contributed by atoms with Crippen molar-refractivity contribution in [1.29, 1.82) is 0 Å². The topological polar surface area (TPSA) is 77.5 Å². The zero-order valence-corrected chi connectivity index (χ0v) is 12.5. The molecule has 0 aliphatic rings. The maximum absolute atomic E-state index is 11.5. The smallest absolute Gasteiger partial charge is 0.260 e. The van der Waals surface area contributed by atoms with Crippen molar-refractivity contribution < 1.29 is 9.59 Å². The van der Waals surface area contributed by atoms with E-state index in [-0.39, 0.29) is 0 Å². The number of nitrogens with two attached hydrogens (primary N) is 1. The number of halogens is 1. The van der Waals surface area contributed by atoms with Gasteiger partial charge in [0.25, 0.3) is 5.91 Å². The zero-order chi connectivity index (χ0) is 15.1. The lowest BCUT2D eigenvalue weighted by molar-refractivity contribution is 0.100. The second-order valence-electron chi connectivity index (χ2n) is 4.47. The summed E-state index contributed by atoms with van der Waals surface area (Å²) in [5.74, 6) is -0.520. The molecule has 7 heteroatoms. The molecule has 2 heterocycles. The van der Waals surface area contributed by atoms with Crippen LogP contribution in [0.3, 0.4) is 0 Å². The van der Waals surface area contributed by atoms with Crippen molar-refractivity contribution in [3.05, 3.63) is 45.6 Å². The largest absolute Gasteiger partial charge is 0.365 e. The van der Waals surface area contributed by atoms with E-state index in [4.69, 9.17) is 17.3 Å². The molecule has 2 aromatic heterocycles. The molecule has 1 amide bonds. The van der Waals surface area contributed by atoms with Crippen LogP contribution in [0, 0.1) is 6.92 Å². The van der Waals surface area contributed by atoms with Crippen molar-refractivity contribution in [3.63, 3.8) is 0 Å². The third-order valence-corrected chi connectivity index (χ3v) is 4.60. The van der Waals surface area contributed by atoms with Gasteiger partial charge in [-0.3, -0.25) is 14.0 Å². The average molecular weight is 320 g/mol. The predicted molar refractivity (Wildman–Crippen MR) is 82.2 cm³/mol. The Labute approximate surface area is 129 Å². The SMILES string of the molecule is Cc1c(C(N)=O)sc2nc(-c3ccc(Cl)cc3)c(C=O)n12. The molecule has 2 N–H and O–H groups in total. The minimum Gasteiger partial charge on any atom is -0.365 e. The number of hydrogen-bond donors (Lipinski definition) is 1. The van der Waals surface area contributed by atoms with Gasteiger partial charge in [-0.05, 0) is 19.1 Å². The second kappa shape index (κ2) is 4.98. The number of fused-ring (bicyclic) bond motifs is 1. The molecule has 5 nitrogen and oxygen atoms in total. The molecule has 1 aromatic carbocycles. The minimum absolute atomic E-state index is 0.397. The first-order valence-electron chi connectivity index (χ1n) is 6.05. The average Bonchev–Trinajstić information content (AvgIpc) is 2.97. The molecule has 3 aromatic rings. The number of aromatic nitrogens is 2. The summed E-state index contributed by atoms with van der Waals surface area (Å²) in [7, 11) is 0. The lowest BCUT2D eigenvalue weighted by Crippen LogP contribution is -2.11. The molecule has 3 rings (SSSR count). The number of carbonyl (C=O) groups is 2. The molecular formula is C14H10ClN3O2S. The monoisotopic (exact) mass is 319 g/mol. The number of hydrogen-bond acceptors (Lipinski definition) is 4. The van der Waals surface area contributed by atoms with E-state index in [1.807, 2.05) is 0 Å². The number of aryl methyl sites for hydroxylation is 1. The highest BCUT2D eigenvalue weighted by Crippen LogP contribution is 2.30. The van der Waals surface area contributed by atoms with Gasteiger partial charge in [0.15, 0.2) is 11.2 Å². The number of carbonyl (C=O) groups excluding carboxylic acids is 2. The predicted octanol–water partition coefficient (Wildman–Crippen LogP) is 2.94. The van der Waals surface area contributed by atoms with Crippen LogP contribution in [-0.2, 0) is 0 Å². The maximum Gasteiger partial charge on any atom is 0.260 e. The molecule has 0 atom stereocenters. The number of benzene rings is 1. The summed E-state index contributed by atoms with van der Waals surface area (Å²) in [6, 6.07) is 7.07. The fourth-order valence-corrected chi connectivity index (χ4v) is 3.34. The number of thiazole rings is 1. The highest BCUT2D eigenvalue weighted by Gasteiger charge is 2.21. The van der Waals surface area contributed by atoms with Gasteiger partial charge in [-0.25, -0.2) is 4.98 Å². The van der Waals surface area contributed by atoms with Gasteiger partial charge in [0.05, 0.1) is 0 Å². The Morgan fingerprint density at radius 2 is 2.05 bits per heavy atom. The minimum atomic E-state index is -0.520. The van der Waals surface area contributed by atoms with E-state index < -0.39 is 5.91 Å². The summed E-state index contributed by atoms with van der Waals surface area (Å²) >= 11 is 7.04. The lowest BCUT2D eigenvalue weighted by Gasteiger charge is -2.00. The Morgan fingerprint density at radius 3 is 2.62 bits per heavy atom. The number of rotatable bonds is 3. The number of nitrogens with zero attached hydrogens (tertiary/aromatic N) is 2. The van der Waals surface area contributed by atoms with Crippen molar-refractivity contribution in [3.8, 4) is 11.3 Å². The summed E-state index contributed by atoms with van der Waals surface area (Å²) < 4.78 is 1.65. The van der Waals surface area contributed by atoms with E-state index in [9.17, 15) is 9.59 Å². The first-order valence-corrected chi connectivity index (χ1v) is 7.25. The van der Waals surface area contributed by atoms with Crippen LogP contribution in [0.15, 0.2) is 24.3 Å². The van der Waals surface area contributed by atoms with Crippen LogP contribution in [0.25, 0.3) is 16.2 Å². The summed E-state index contributed by atoms with van der Waals surface area (Å²) in [6.07, 6.45) is 0.731. The Balaban J connectivity index is 2.28. The standard InChI is InChI=1S/C14H10ClN3O2S/c1-7-12(13(16)20)21-14-17-11(10(6-19)18(7)14)8-2-4-9(15)5-3-8/h2-6H,1H3,(H2,16,20). The first-order chi connectivity index (χ1) is 10.0. The van der Waals surface area contributed by atoms with E-state index in [0.29, 0.717) is 31.9 Å². The Morgan fingerprint density at radius 1 is 1.38 bits per heavy atom. The van der Waals surface area contributed by atoms with E-state index >= 15 is 0 Å². The molecule has 21 heavy (non-hydrogen) atoms. The third kappa shape index (κ3) is 2.12. The van der Waals surface area contributed by atoms with Crippen LogP contribution < -0.4 is 5.73 Å². The molecular weight excluding hydrogens is 310 g/mol. The molecule has 0 saturated carbocycles. The summed E-state index contributed by atoms with van der Waals surface area (Å²) in [4.78, 5) is 28.3. The van der Waals surface area contributed by atoms with Crippen molar-refractivity contribution in [2.45, 2.75) is 6.92 Å².